The lowest BCUT2D eigenvalue weighted by Gasteiger charge is -2.24. The average molecular weight is 487 g/mol. The summed E-state index contributed by atoms with van der Waals surface area (Å²) < 4.78 is 11.1. The molecule has 0 saturated heterocycles. The molecule has 4 rings (SSSR count). The first kappa shape index (κ1) is 24.8. The Labute approximate surface area is 210 Å². The normalized spacial score (nSPS) is 14.7. The van der Waals surface area contributed by atoms with E-state index in [1.807, 2.05) is 49.5 Å². The summed E-state index contributed by atoms with van der Waals surface area (Å²) in [6, 6.07) is 14.7. The van der Waals surface area contributed by atoms with Crippen molar-refractivity contribution in [2.24, 2.45) is 0 Å². The van der Waals surface area contributed by atoms with Crippen LogP contribution in [0.15, 0.2) is 67.1 Å². The third-order valence-corrected chi connectivity index (χ3v) is 6.27. The van der Waals surface area contributed by atoms with Gasteiger partial charge in [0.2, 0.25) is 0 Å². The highest BCUT2D eigenvalue weighted by Crippen LogP contribution is 2.39. The zero-order valence-electron chi connectivity index (χ0n) is 20.9. The van der Waals surface area contributed by atoms with Crippen LogP contribution in [0.2, 0.25) is 0 Å². The van der Waals surface area contributed by atoms with E-state index >= 15 is 0 Å². The third kappa shape index (κ3) is 5.17. The number of rotatable bonds is 6. The van der Waals surface area contributed by atoms with E-state index in [4.69, 9.17) is 9.47 Å². The first-order valence-corrected chi connectivity index (χ1v) is 11.7. The summed E-state index contributed by atoms with van der Waals surface area (Å²) in [7, 11) is 4.82. The average Bonchev–Trinajstić information content (AvgIpc) is 3.06. The van der Waals surface area contributed by atoms with Crippen molar-refractivity contribution >= 4 is 17.5 Å². The summed E-state index contributed by atoms with van der Waals surface area (Å²) in [4.78, 5) is 31.1. The minimum atomic E-state index is -0.196. The number of hydrogen-bond donors (Lipinski definition) is 2. The highest BCUT2D eigenvalue weighted by molar-refractivity contribution is 5.95. The lowest BCUT2D eigenvalue weighted by molar-refractivity contribution is 0.0951. The number of aromatic nitrogens is 1. The van der Waals surface area contributed by atoms with Gasteiger partial charge in [-0.25, -0.2) is 4.79 Å². The van der Waals surface area contributed by atoms with Gasteiger partial charge in [0, 0.05) is 49.4 Å². The molecule has 2 heterocycles. The second kappa shape index (κ2) is 10.9. The molecule has 0 spiro atoms. The Kier molecular flexibility index (Phi) is 7.53. The summed E-state index contributed by atoms with van der Waals surface area (Å²) in [6.07, 6.45) is 5.89. The Hall–Kier alpha value is -4.33. The second-order valence-corrected chi connectivity index (χ2v) is 8.54. The minimum Gasteiger partial charge on any atom is -0.493 e. The number of fused-ring (bicyclic) bond motifs is 1. The van der Waals surface area contributed by atoms with Gasteiger partial charge in [-0.2, -0.15) is 0 Å². The topological polar surface area (TPSA) is 92.8 Å². The fourth-order valence-electron chi connectivity index (χ4n) is 4.30. The molecule has 1 aliphatic heterocycles. The molecule has 1 aromatic heterocycles. The molecule has 0 saturated carbocycles. The number of methoxy groups -OCH3 is 2. The van der Waals surface area contributed by atoms with Crippen molar-refractivity contribution < 1.29 is 19.1 Å². The molecule has 8 nitrogen and oxygen atoms in total. The van der Waals surface area contributed by atoms with Crippen LogP contribution in [-0.4, -0.2) is 49.1 Å². The molecule has 0 radical (unpaired) electrons. The molecule has 1 aliphatic rings. The van der Waals surface area contributed by atoms with Crippen LogP contribution in [-0.2, 0) is 13.0 Å². The van der Waals surface area contributed by atoms with Crippen LogP contribution in [0.5, 0.6) is 11.5 Å². The Bertz CT molecular complexity index is 1270. The van der Waals surface area contributed by atoms with E-state index in [1.165, 1.54) is 0 Å². The van der Waals surface area contributed by atoms with Gasteiger partial charge in [0.15, 0.2) is 11.5 Å². The predicted molar refractivity (Wildman–Crippen MR) is 138 cm³/mol. The van der Waals surface area contributed by atoms with Gasteiger partial charge in [-0.3, -0.25) is 14.7 Å². The van der Waals surface area contributed by atoms with E-state index in [0.29, 0.717) is 30.0 Å². The van der Waals surface area contributed by atoms with Crippen LogP contribution in [0.3, 0.4) is 0 Å². The van der Waals surface area contributed by atoms with Gasteiger partial charge in [-0.15, -0.1) is 0 Å². The van der Waals surface area contributed by atoms with Crippen molar-refractivity contribution in [2.75, 3.05) is 21.3 Å². The van der Waals surface area contributed by atoms with Crippen LogP contribution in [0.4, 0.5) is 4.79 Å². The van der Waals surface area contributed by atoms with Gasteiger partial charge >= 0.3 is 6.03 Å². The van der Waals surface area contributed by atoms with E-state index in [9.17, 15) is 9.59 Å². The standard InChI is InChI=1S/C28H30N4O4/c1-18-13-22-14-25(35-3)26(36-4)15-23(22)24(17-32(18)28(34)29-2)20-5-7-21(8-6-20)27(33)31-16-19-9-11-30-12-10-19/h5-12,14-15,17-18H,13,16H2,1-4H3,(H,29,34)(H,31,33). The first-order chi connectivity index (χ1) is 17.4. The quantitative estimate of drug-likeness (QED) is 0.549. The first-order valence-electron chi connectivity index (χ1n) is 11.7. The molecule has 2 aromatic carbocycles. The van der Waals surface area contributed by atoms with Gasteiger partial charge in [-0.05, 0) is 72.0 Å². The molecule has 2 N–H and O–H groups in total. The monoisotopic (exact) mass is 486 g/mol. The van der Waals surface area contributed by atoms with Crippen LogP contribution in [0, 0.1) is 0 Å². The molecule has 0 fully saturated rings. The maximum absolute atomic E-state index is 12.7. The van der Waals surface area contributed by atoms with Crippen molar-refractivity contribution in [2.45, 2.75) is 25.9 Å². The maximum Gasteiger partial charge on any atom is 0.321 e. The van der Waals surface area contributed by atoms with Crippen molar-refractivity contribution in [3.63, 3.8) is 0 Å². The third-order valence-electron chi connectivity index (χ3n) is 6.27. The lowest BCUT2D eigenvalue weighted by atomic mass is 9.92. The highest BCUT2D eigenvalue weighted by Gasteiger charge is 2.27. The fourth-order valence-corrected chi connectivity index (χ4v) is 4.30. The van der Waals surface area contributed by atoms with Crippen molar-refractivity contribution in [3.05, 3.63) is 94.9 Å². The van der Waals surface area contributed by atoms with E-state index in [2.05, 4.69) is 15.6 Å². The summed E-state index contributed by atoms with van der Waals surface area (Å²) in [5, 5.41) is 5.65. The minimum absolute atomic E-state index is 0.0856. The van der Waals surface area contributed by atoms with Crippen molar-refractivity contribution in [1.82, 2.24) is 20.5 Å². The number of carbonyl (C=O) groups excluding carboxylic acids is 2. The van der Waals surface area contributed by atoms with Crippen LogP contribution in [0.1, 0.15) is 39.5 Å². The molecule has 3 amide bonds. The number of urea groups is 1. The molecule has 1 atom stereocenters. The molecule has 0 aliphatic carbocycles. The van der Waals surface area contributed by atoms with E-state index < -0.39 is 0 Å². The lowest BCUT2D eigenvalue weighted by Crippen LogP contribution is -2.40. The Morgan fingerprint density at radius 3 is 2.33 bits per heavy atom. The van der Waals surface area contributed by atoms with Crippen molar-refractivity contribution in [3.8, 4) is 11.5 Å². The van der Waals surface area contributed by atoms with E-state index in [-0.39, 0.29) is 18.0 Å². The van der Waals surface area contributed by atoms with E-state index in [0.717, 1.165) is 27.8 Å². The summed E-state index contributed by atoms with van der Waals surface area (Å²) in [6.45, 7) is 2.42. The van der Waals surface area contributed by atoms with Crippen molar-refractivity contribution in [1.29, 1.82) is 0 Å². The molecule has 36 heavy (non-hydrogen) atoms. The number of pyridine rings is 1. The Morgan fingerprint density at radius 2 is 1.69 bits per heavy atom. The van der Waals surface area contributed by atoms with Gasteiger partial charge in [0.05, 0.1) is 14.2 Å². The molecular formula is C28H30N4O4. The zero-order chi connectivity index (χ0) is 25.7. The number of ether oxygens (including phenoxy) is 2. The predicted octanol–water partition coefficient (Wildman–Crippen LogP) is 4.00. The van der Waals surface area contributed by atoms with E-state index in [1.54, 1.807) is 50.7 Å². The Morgan fingerprint density at radius 1 is 1.03 bits per heavy atom. The number of nitrogens with zero attached hydrogens (tertiary/aromatic N) is 2. The second-order valence-electron chi connectivity index (χ2n) is 8.54. The number of hydrogen-bond acceptors (Lipinski definition) is 5. The van der Waals surface area contributed by atoms with Gasteiger partial charge in [0.1, 0.15) is 0 Å². The van der Waals surface area contributed by atoms with Crippen LogP contribution < -0.4 is 20.1 Å². The molecule has 8 heteroatoms. The molecule has 3 aromatic rings. The largest absolute Gasteiger partial charge is 0.493 e. The van der Waals surface area contributed by atoms with Crippen LogP contribution >= 0.6 is 0 Å². The number of carbonyl (C=O) groups is 2. The summed E-state index contributed by atoms with van der Waals surface area (Å²) in [5.74, 6) is 1.08. The van der Waals surface area contributed by atoms with Gasteiger partial charge < -0.3 is 20.1 Å². The number of benzene rings is 2. The summed E-state index contributed by atoms with van der Waals surface area (Å²) >= 11 is 0. The number of nitrogens with one attached hydrogen (secondary N) is 2. The molecular weight excluding hydrogens is 456 g/mol. The smallest absolute Gasteiger partial charge is 0.321 e. The zero-order valence-corrected chi connectivity index (χ0v) is 20.9. The van der Waals surface area contributed by atoms with Gasteiger partial charge in [0.25, 0.3) is 5.91 Å². The molecule has 1 unspecified atom stereocenters. The van der Waals surface area contributed by atoms with Gasteiger partial charge in [-0.1, -0.05) is 12.1 Å². The maximum atomic E-state index is 12.7. The molecule has 0 bridgehead atoms. The fraction of sp³-hybridized carbons (Fsp3) is 0.250. The SMILES string of the molecule is CNC(=O)N1C=C(c2ccc(C(=O)NCc3ccncc3)cc2)c2cc(OC)c(OC)cc2CC1C. The molecule has 186 valence electrons. The van der Waals surface area contributed by atoms with Crippen LogP contribution in [0.25, 0.3) is 5.57 Å². The number of amides is 3. The summed E-state index contributed by atoms with van der Waals surface area (Å²) in [5.41, 5.74) is 5.23. The highest BCUT2D eigenvalue weighted by atomic mass is 16.5. The Balaban J connectivity index is 1.69.